The molecule has 1 aliphatic carbocycles. The van der Waals surface area contributed by atoms with Crippen molar-refractivity contribution >= 4 is 16.3 Å². The number of aromatic nitrogens is 4. The molecule has 0 amide bonds. The van der Waals surface area contributed by atoms with Crippen LogP contribution in [-0.4, -0.2) is 30.8 Å². The van der Waals surface area contributed by atoms with Gasteiger partial charge in [0.25, 0.3) is 5.56 Å². The molecule has 0 radical (unpaired) electrons. The van der Waals surface area contributed by atoms with Crippen LogP contribution in [0.15, 0.2) is 16.4 Å². The Morgan fingerprint density at radius 2 is 2.25 bits per heavy atom. The number of aromatic amines is 1. The van der Waals surface area contributed by atoms with Crippen LogP contribution in [0.3, 0.4) is 0 Å². The lowest BCUT2D eigenvalue weighted by Crippen LogP contribution is -2.36. The second kappa shape index (κ2) is 5.26. The van der Waals surface area contributed by atoms with Gasteiger partial charge in [0.2, 0.25) is 0 Å². The highest BCUT2D eigenvalue weighted by atomic mass is 32.1. The molecule has 124 valence electrons. The van der Waals surface area contributed by atoms with E-state index in [0.717, 1.165) is 60.1 Å². The minimum Gasteiger partial charge on any atom is -0.310 e. The third-order valence-corrected chi connectivity index (χ3v) is 5.82. The maximum atomic E-state index is 12.5. The van der Waals surface area contributed by atoms with E-state index in [-0.39, 0.29) is 5.56 Å². The summed E-state index contributed by atoms with van der Waals surface area (Å²) in [4.78, 5) is 28.2. The zero-order valence-electron chi connectivity index (χ0n) is 13.6. The highest BCUT2D eigenvalue weighted by molar-refractivity contribution is 7.15. The van der Waals surface area contributed by atoms with Crippen molar-refractivity contribution < 1.29 is 0 Å². The van der Waals surface area contributed by atoms with Crippen molar-refractivity contribution in [3.05, 3.63) is 50.4 Å². The van der Waals surface area contributed by atoms with Crippen LogP contribution < -0.4 is 5.56 Å². The van der Waals surface area contributed by atoms with Crippen molar-refractivity contribution in [3.8, 4) is 0 Å². The average Bonchev–Trinajstić information content (AvgIpc) is 3.26. The molecule has 4 heterocycles. The number of imidazole rings is 1. The summed E-state index contributed by atoms with van der Waals surface area (Å²) < 4.78 is 2.16. The zero-order chi connectivity index (χ0) is 16.3. The SMILES string of the molecule is Cc1nc2sccn2c1CN1CCc2nc(C3CC3)[nH]c(=O)c2C1. The fourth-order valence-electron chi connectivity index (χ4n) is 3.53. The predicted octanol–water partition coefficient (Wildman–Crippen LogP) is 2.22. The molecule has 2 aliphatic rings. The number of fused-ring (bicyclic) bond motifs is 2. The Labute approximate surface area is 143 Å². The maximum absolute atomic E-state index is 12.5. The van der Waals surface area contributed by atoms with Crippen molar-refractivity contribution in [1.29, 1.82) is 0 Å². The first kappa shape index (κ1) is 14.4. The summed E-state index contributed by atoms with van der Waals surface area (Å²) in [7, 11) is 0. The second-order valence-corrected chi connectivity index (χ2v) is 7.68. The van der Waals surface area contributed by atoms with Crippen LogP contribution in [0.4, 0.5) is 0 Å². The van der Waals surface area contributed by atoms with E-state index in [0.29, 0.717) is 12.5 Å². The van der Waals surface area contributed by atoms with Crippen molar-refractivity contribution in [2.45, 2.75) is 45.2 Å². The van der Waals surface area contributed by atoms with Gasteiger partial charge in [-0.2, -0.15) is 0 Å². The van der Waals surface area contributed by atoms with Gasteiger partial charge in [-0.3, -0.25) is 14.1 Å². The summed E-state index contributed by atoms with van der Waals surface area (Å²) in [5.41, 5.74) is 4.19. The van der Waals surface area contributed by atoms with E-state index < -0.39 is 0 Å². The molecule has 0 bridgehead atoms. The Bertz CT molecular complexity index is 981. The van der Waals surface area contributed by atoms with E-state index in [1.54, 1.807) is 11.3 Å². The Morgan fingerprint density at radius 1 is 1.38 bits per heavy atom. The number of H-pyrrole nitrogens is 1. The molecule has 0 atom stereocenters. The fraction of sp³-hybridized carbons (Fsp3) is 0.471. The summed E-state index contributed by atoms with van der Waals surface area (Å²) in [6.07, 6.45) is 5.24. The molecule has 1 aliphatic heterocycles. The highest BCUT2D eigenvalue weighted by Crippen LogP contribution is 2.37. The number of nitrogens with one attached hydrogen (secondary N) is 1. The smallest absolute Gasteiger partial charge is 0.255 e. The van der Waals surface area contributed by atoms with Gasteiger partial charge < -0.3 is 4.98 Å². The van der Waals surface area contributed by atoms with Gasteiger partial charge in [0.1, 0.15) is 5.82 Å². The summed E-state index contributed by atoms with van der Waals surface area (Å²) in [5, 5.41) is 2.06. The van der Waals surface area contributed by atoms with Crippen molar-refractivity contribution in [3.63, 3.8) is 0 Å². The van der Waals surface area contributed by atoms with Gasteiger partial charge in [-0.1, -0.05) is 0 Å². The second-order valence-electron chi connectivity index (χ2n) is 6.81. The molecule has 24 heavy (non-hydrogen) atoms. The van der Waals surface area contributed by atoms with Crippen LogP contribution >= 0.6 is 11.3 Å². The molecule has 3 aromatic rings. The highest BCUT2D eigenvalue weighted by Gasteiger charge is 2.29. The van der Waals surface area contributed by atoms with Crippen LogP contribution in [0.5, 0.6) is 0 Å². The molecule has 0 saturated heterocycles. The van der Waals surface area contributed by atoms with E-state index in [1.165, 1.54) is 5.69 Å². The lowest BCUT2D eigenvalue weighted by atomic mass is 10.1. The normalized spacial score (nSPS) is 18.2. The van der Waals surface area contributed by atoms with Gasteiger partial charge >= 0.3 is 0 Å². The average molecular weight is 341 g/mol. The van der Waals surface area contributed by atoms with Crippen LogP contribution in [-0.2, 0) is 19.5 Å². The zero-order valence-corrected chi connectivity index (χ0v) is 14.4. The van der Waals surface area contributed by atoms with Crippen LogP contribution in [0, 0.1) is 6.92 Å². The molecule has 1 saturated carbocycles. The molecule has 0 aromatic carbocycles. The molecule has 0 unspecified atom stereocenters. The predicted molar refractivity (Wildman–Crippen MR) is 92.5 cm³/mol. The fourth-order valence-corrected chi connectivity index (χ4v) is 4.31. The Kier molecular flexibility index (Phi) is 3.14. The first-order valence-corrected chi connectivity index (χ1v) is 9.32. The van der Waals surface area contributed by atoms with Crippen molar-refractivity contribution in [2.24, 2.45) is 0 Å². The van der Waals surface area contributed by atoms with Gasteiger partial charge in [-0.05, 0) is 19.8 Å². The van der Waals surface area contributed by atoms with E-state index in [9.17, 15) is 4.79 Å². The van der Waals surface area contributed by atoms with Gasteiger partial charge in [0.05, 0.1) is 22.6 Å². The largest absolute Gasteiger partial charge is 0.310 e. The number of rotatable bonds is 3. The van der Waals surface area contributed by atoms with E-state index in [1.807, 2.05) is 0 Å². The van der Waals surface area contributed by atoms with Crippen LogP contribution in [0.2, 0.25) is 0 Å². The summed E-state index contributed by atoms with van der Waals surface area (Å²) >= 11 is 1.65. The van der Waals surface area contributed by atoms with E-state index in [4.69, 9.17) is 4.98 Å². The van der Waals surface area contributed by atoms with E-state index in [2.05, 4.69) is 37.8 Å². The third-order valence-electron chi connectivity index (χ3n) is 5.06. The minimum absolute atomic E-state index is 0.0530. The standard InChI is InChI=1S/C17H19N5OS/c1-10-14(22-6-7-24-17(22)18-10)9-21-5-4-13-12(8-21)16(23)20-15(19-13)11-2-3-11/h6-7,11H,2-5,8-9H2,1H3,(H,19,20,23). The monoisotopic (exact) mass is 341 g/mol. The number of hydrogen-bond acceptors (Lipinski definition) is 5. The summed E-state index contributed by atoms with van der Waals surface area (Å²) in [5.74, 6) is 1.39. The molecular weight excluding hydrogens is 322 g/mol. The molecule has 5 rings (SSSR count). The van der Waals surface area contributed by atoms with Crippen molar-refractivity contribution in [2.75, 3.05) is 6.54 Å². The lowest BCUT2D eigenvalue weighted by Gasteiger charge is -2.27. The third kappa shape index (κ3) is 2.31. The quantitative estimate of drug-likeness (QED) is 0.793. The summed E-state index contributed by atoms with van der Waals surface area (Å²) in [6.45, 7) is 4.47. The molecule has 6 nitrogen and oxygen atoms in total. The van der Waals surface area contributed by atoms with Crippen LogP contribution in [0.1, 0.15) is 47.2 Å². The topological polar surface area (TPSA) is 66.3 Å². The molecule has 1 N–H and O–H groups in total. The van der Waals surface area contributed by atoms with Crippen LogP contribution in [0.25, 0.3) is 4.96 Å². The van der Waals surface area contributed by atoms with Gasteiger partial charge in [0, 0.05) is 43.5 Å². The first-order valence-electron chi connectivity index (χ1n) is 8.44. The van der Waals surface area contributed by atoms with Gasteiger partial charge in [0.15, 0.2) is 4.96 Å². The lowest BCUT2D eigenvalue weighted by molar-refractivity contribution is 0.237. The maximum Gasteiger partial charge on any atom is 0.255 e. The number of thiazole rings is 1. The van der Waals surface area contributed by atoms with Gasteiger partial charge in [-0.25, -0.2) is 9.97 Å². The number of hydrogen-bond donors (Lipinski definition) is 1. The molecule has 1 fully saturated rings. The Balaban J connectivity index is 1.43. The van der Waals surface area contributed by atoms with E-state index >= 15 is 0 Å². The Hall–Kier alpha value is -1.99. The number of nitrogens with zero attached hydrogens (tertiary/aromatic N) is 4. The molecule has 3 aromatic heterocycles. The van der Waals surface area contributed by atoms with Crippen molar-refractivity contribution in [1.82, 2.24) is 24.3 Å². The molecular formula is C17H19N5OS. The Morgan fingerprint density at radius 3 is 3.08 bits per heavy atom. The minimum atomic E-state index is 0.0530. The molecule has 7 heteroatoms. The first-order chi connectivity index (χ1) is 11.7. The molecule has 0 spiro atoms. The number of aryl methyl sites for hydroxylation is 1. The van der Waals surface area contributed by atoms with Gasteiger partial charge in [-0.15, -0.1) is 11.3 Å². The summed E-state index contributed by atoms with van der Waals surface area (Å²) in [6, 6.07) is 0.